The Morgan fingerprint density at radius 1 is 0.951 bits per heavy atom. The Hall–Kier alpha value is -3.44. The van der Waals surface area contributed by atoms with Gasteiger partial charge in [-0.25, -0.2) is 0 Å². The van der Waals surface area contributed by atoms with Gasteiger partial charge in [-0.1, -0.05) is 61.5 Å². The number of carbonyl (C=O) groups excluding carboxylic acids is 2. The zero-order chi connectivity index (χ0) is 28.8. The van der Waals surface area contributed by atoms with E-state index < -0.39 is 6.10 Å². The summed E-state index contributed by atoms with van der Waals surface area (Å²) in [7, 11) is 1.69. The van der Waals surface area contributed by atoms with Crippen molar-refractivity contribution < 1.29 is 19.4 Å². The minimum absolute atomic E-state index is 0.0133. The van der Waals surface area contributed by atoms with E-state index in [0.717, 1.165) is 56.4 Å². The van der Waals surface area contributed by atoms with Crippen molar-refractivity contribution >= 4 is 11.7 Å². The van der Waals surface area contributed by atoms with E-state index in [-0.39, 0.29) is 36.0 Å². The number of benzene rings is 3. The van der Waals surface area contributed by atoms with E-state index in [0.29, 0.717) is 23.5 Å². The molecule has 3 aromatic rings. The van der Waals surface area contributed by atoms with Gasteiger partial charge in [-0.3, -0.25) is 9.59 Å². The molecule has 0 radical (unpaired) electrons. The van der Waals surface area contributed by atoms with Crippen LogP contribution in [-0.2, 0) is 6.42 Å². The van der Waals surface area contributed by atoms with Crippen LogP contribution in [0.15, 0.2) is 78.9 Å². The molecule has 1 heterocycles. The number of nitrogens with zero attached hydrogens (tertiary/aromatic N) is 1. The van der Waals surface area contributed by atoms with Crippen LogP contribution in [-0.4, -0.2) is 47.5 Å². The first kappa shape index (κ1) is 29.1. The lowest BCUT2D eigenvalue weighted by atomic mass is 9.81. The molecule has 1 aliphatic heterocycles. The second-order valence-corrected chi connectivity index (χ2v) is 11.9. The average molecular weight is 554 g/mol. The third-order valence-corrected chi connectivity index (χ3v) is 9.33. The summed E-state index contributed by atoms with van der Waals surface area (Å²) >= 11 is 0. The number of hydrogen-bond acceptors (Lipinski definition) is 4. The van der Waals surface area contributed by atoms with E-state index in [4.69, 9.17) is 4.74 Å². The molecule has 0 aromatic heterocycles. The summed E-state index contributed by atoms with van der Waals surface area (Å²) in [5, 5.41) is 11.7. The third-order valence-electron chi connectivity index (χ3n) is 9.33. The standard InChI is InChI=1S/C36H43NO4/c1-3-32-15-9-19-37(32)36(40)30-14-7-13-28(22-30)34(38)24-31(20-25-10-5-4-6-11-25)35(39)29-18-17-27(21-29)26-12-8-16-33(23-26)41-2/h4-8,10-14,16,22-23,27,29,31-32,35,39H,3,9,15,17-21,24H2,1-2H3/t27?,29?,31-,32?,35-/m1/s1. The molecule has 2 aliphatic rings. The van der Waals surface area contributed by atoms with Gasteiger partial charge in [-0.05, 0) is 98.1 Å². The molecule has 3 unspecified atom stereocenters. The van der Waals surface area contributed by atoms with Crippen molar-refractivity contribution in [3.63, 3.8) is 0 Å². The van der Waals surface area contributed by atoms with Crippen molar-refractivity contribution in [3.05, 3.63) is 101 Å². The van der Waals surface area contributed by atoms with Crippen LogP contribution in [0.2, 0.25) is 0 Å². The summed E-state index contributed by atoms with van der Waals surface area (Å²) in [6.07, 6.45) is 6.15. The third kappa shape index (κ3) is 6.90. The number of hydrogen-bond donors (Lipinski definition) is 1. The van der Waals surface area contributed by atoms with Crippen molar-refractivity contribution in [2.45, 2.75) is 76.4 Å². The van der Waals surface area contributed by atoms with E-state index in [2.05, 4.69) is 31.2 Å². The Balaban J connectivity index is 1.31. The van der Waals surface area contributed by atoms with Crippen LogP contribution in [0.1, 0.15) is 89.6 Å². The van der Waals surface area contributed by atoms with Crippen LogP contribution in [0.4, 0.5) is 0 Å². The number of methoxy groups -OCH3 is 1. The van der Waals surface area contributed by atoms with Crippen molar-refractivity contribution in [2.75, 3.05) is 13.7 Å². The summed E-state index contributed by atoms with van der Waals surface area (Å²) in [6, 6.07) is 25.8. The van der Waals surface area contributed by atoms with Crippen molar-refractivity contribution in [1.82, 2.24) is 4.90 Å². The van der Waals surface area contributed by atoms with Gasteiger partial charge in [0.15, 0.2) is 5.78 Å². The predicted octanol–water partition coefficient (Wildman–Crippen LogP) is 7.09. The predicted molar refractivity (Wildman–Crippen MR) is 162 cm³/mol. The van der Waals surface area contributed by atoms with Gasteiger partial charge in [-0.2, -0.15) is 0 Å². The molecule has 5 rings (SSSR count). The molecule has 5 heteroatoms. The molecule has 2 fully saturated rings. The SMILES string of the molecule is CCC1CCCN1C(=O)c1cccc(C(=O)C[C@@H](Cc2ccccc2)[C@H](O)C2CCC(c3cccc(OC)c3)C2)c1. The minimum Gasteiger partial charge on any atom is -0.497 e. The Morgan fingerprint density at radius 2 is 1.73 bits per heavy atom. The van der Waals surface area contributed by atoms with Crippen LogP contribution in [0.3, 0.4) is 0 Å². The smallest absolute Gasteiger partial charge is 0.254 e. The summed E-state index contributed by atoms with van der Waals surface area (Å²) < 4.78 is 5.43. The molecule has 1 saturated heterocycles. The van der Waals surface area contributed by atoms with Crippen molar-refractivity contribution in [1.29, 1.82) is 0 Å². The second-order valence-electron chi connectivity index (χ2n) is 11.9. The van der Waals surface area contributed by atoms with E-state index in [1.54, 1.807) is 19.2 Å². The van der Waals surface area contributed by atoms with Crippen LogP contribution in [0.25, 0.3) is 0 Å². The van der Waals surface area contributed by atoms with Crippen LogP contribution in [0, 0.1) is 11.8 Å². The van der Waals surface area contributed by atoms with Gasteiger partial charge >= 0.3 is 0 Å². The molecule has 1 N–H and O–H groups in total. The van der Waals surface area contributed by atoms with E-state index >= 15 is 0 Å². The zero-order valence-electron chi connectivity index (χ0n) is 24.4. The topological polar surface area (TPSA) is 66.8 Å². The van der Waals surface area contributed by atoms with Crippen LogP contribution in [0.5, 0.6) is 5.75 Å². The maximum atomic E-state index is 13.7. The highest BCUT2D eigenvalue weighted by Gasteiger charge is 2.36. The van der Waals surface area contributed by atoms with Crippen molar-refractivity contribution in [3.8, 4) is 5.75 Å². The first-order valence-electron chi connectivity index (χ1n) is 15.3. The summed E-state index contributed by atoms with van der Waals surface area (Å²) in [6.45, 7) is 2.90. The highest BCUT2D eigenvalue weighted by Crippen LogP contribution is 2.43. The normalized spacial score (nSPS) is 21.9. The van der Waals surface area contributed by atoms with Gasteiger partial charge in [0.25, 0.3) is 5.91 Å². The molecule has 1 aliphatic carbocycles. The number of ether oxygens (including phenoxy) is 1. The van der Waals surface area contributed by atoms with Gasteiger partial charge in [0.2, 0.25) is 0 Å². The molecule has 1 amide bonds. The van der Waals surface area contributed by atoms with E-state index in [1.807, 2.05) is 47.4 Å². The fourth-order valence-corrected chi connectivity index (χ4v) is 7.02. The maximum absolute atomic E-state index is 13.7. The fraction of sp³-hybridized carbons (Fsp3) is 0.444. The second kappa shape index (κ2) is 13.5. The highest BCUT2D eigenvalue weighted by atomic mass is 16.5. The number of rotatable bonds is 11. The quantitative estimate of drug-likeness (QED) is 0.258. The minimum atomic E-state index is -0.588. The van der Waals surface area contributed by atoms with Crippen LogP contribution >= 0.6 is 0 Å². The molecule has 3 aromatic carbocycles. The molecule has 41 heavy (non-hydrogen) atoms. The summed E-state index contributed by atoms with van der Waals surface area (Å²) in [5.74, 6) is 1.14. The average Bonchev–Trinajstić information content (AvgIpc) is 3.71. The Morgan fingerprint density at radius 3 is 2.51 bits per heavy atom. The lowest BCUT2D eigenvalue weighted by Gasteiger charge is -2.28. The fourth-order valence-electron chi connectivity index (χ4n) is 7.02. The lowest BCUT2D eigenvalue weighted by Crippen LogP contribution is -2.35. The van der Waals surface area contributed by atoms with Gasteiger partial charge in [0.1, 0.15) is 5.75 Å². The lowest BCUT2D eigenvalue weighted by molar-refractivity contribution is 0.0451. The number of aliphatic hydroxyl groups excluding tert-OH is 1. The van der Waals surface area contributed by atoms with E-state index in [1.165, 1.54) is 5.56 Å². The maximum Gasteiger partial charge on any atom is 0.254 e. The first-order valence-corrected chi connectivity index (χ1v) is 15.3. The molecule has 0 bridgehead atoms. The number of amides is 1. The molecule has 5 nitrogen and oxygen atoms in total. The van der Waals surface area contributed by atoms with Gasteiger partial charge in [0, 0.05) is 30.1 Å². The Bertz CT molecular complexity index is 1320. The number of ketones is 1. The zero-order valence-corrected chi connectivity index (χ0v) is 24.4. The van der Waals surface area contributed by atoms with Gasteiger partial charge in [0.05, 0.1) is 13.2 Å². The molecular formula is C36H43NO4. The highest BCUT2D eigenvalue weighted by molar-refractivity contribution is 6.00. The van der Waals surface area contributed by atoms with Crippen LogP contribution < -0.4 is 4.74 Å². The molecule has 216 valence electrons. The largest absolute Gasteiger partial charge is 0.497 e. The molecule has 1 saturated carbocycles. The summed E-state index contributed by atoms with van der Waals surface area (Å²) in [5.41, 5.74) is 3.50. The Kier molecular flexibility index (Phi) is 9.56. The van der Waals surface area contributed by atoms with Gasteiger partial charge in [-0.15, -0.1) is 0 Å². The number of likely N-dealkylation sites (tertiary alicyclic amines) is 1. The number of aliphatic hydroxyl groups is 1. The van der Waals surface area contributed by atoms with E-state index in [9.17, 15) is 14.7 Å². The monoisotopic (exact) mass is 553 g/mol. The molecular weight excluding hydrogens is 510 g/mol. The number of carbonyl (C=O) groups is 2. The van der Waals surface area contributed by atoms with Crippen molar-refractivity contribution in [2.24, 2.45) is 11.8 Å². The summed E-state index contributed by atoms with van der Waals surface area (Å²) in [4.78, 5) is 28.9. The number of Topliss-reactive ketones (excluding diaryl/α,β-unsaturated/α-hetero) is 1. The Labute approximate surface area is 244 Å². The molecule has 5 atom stereocenters. The molecule has 0 spiro atoms. The van der Waals surface area contributed by atoms with Gasteiger partial charge < -0.3 is 14.7 Å². The first-order chi connectivity index (χ1) is 20.0.